The summed E-state index contributed by atoms with van der Waals surface area (Å²) in [7, 11) is 0. The standard InChI is InChI=1S/C18H20BrNO2/c1-4-20(11-13(2)3)17(21)12-22-16-10-9-14-7-5-6-8-15(14)18(16)19/h5-10H,2,4,11-12H2,1,3H3. The van der Waals surface area contributed by atoms with Crippen LogP contribution in [0.3, 0.4) is 0 Å². The van der Waals surface area contributed by atoms with Crippen molar-refractivity contribution in [1.82, 2.24) is 4.90 Å². The number of hydrogen-bond donors (Lipinski definition) is 0. The zero-order chi connectivity index (χ0) is 16.1. The molecule has 4 heteroatoms. The predicted molar refractivity (Wildman–Crippen MR) is 94.2 cm³/mol. The molecule has 2 aromatic rings. The fourth-order valence-corrected chi connectivity index (χ4v) is 2.87. The first kappa shape index (κ1) is 16.6. The molecule has 0 aliphatic rings. The summed E-state index contributed by atoms with van der Waals surface area (Å²) in [5, 5.41) is 2.20. The van der Waals surface area contributed by atoms with Gasteiger partial charge in [0, 0.05) is 13.1 Å². The van der Waals surface area contributed by atoms with E-state index in [1.165, 1.54) is 0 Å². The maximum atomic E-state index is 12.2. The van der Waals surface area contributed by atoms with E-state index in [0.29, 0.717) is 18.8 Å². The topological polar surface area (TPSA) is 29.5 Å². The molecule has 0 unspecified atom stereocenters. The number of ether oxygens (including phenoxy) is 1. The highest BCUT2D eigenvalue weighted by Crippen LogP contribution is 2.32. The zero-order valence-corrected chi connectivity index (χ0v) is 14.5. The Morgan fingerprint density at radius 2 is 2.00 bits per heavy atom. The van der Waals surface area contributed by atoms with Gasteiger partial charge in [-0.3, -0.25) is 4.79 Å². The number of fused-ring (bicyclic) bond motifs is 1. The average molecular weight is 362 g/mol. The summed E-state index contributed by atoms with van der Waals surface area (Å²) >= 11 is 3.56. The van der Waals surface area contributed by atoms with Crippen LogP contribution < -0.4 is 4.74 Å². The van der Waals surface area contributed by atoms with Gasteiger partial charge in [-0.25, -0.2) is 0 Å². The number of halogens is 1. The zero-order valence-electron chi connectivity index (χ0n) is 12.9. The number of benzene rings is 2. The molecule has 1 amide bonds. The van der Waals surface area contributed by atoms with Gasteiger partial charge < -0.3 is 9.64 Å². The first-order chi connectivity index (χ1) is 10.5. The minimum absolute atomic E-state index is 0.0259. The number of amides is 1. The molecule has 0 bridgehead atoms. The third kappa shape index (κ3) is 3.89. The van der Waals surface area contributed by atoms with E-state index in [9.17, 15) is 4.79 Å². The molecular formula is C18H20BrNO2. The highest BCUT2D eigenvalue weighted by molar-refractivity contribution is 9.10. The first-order valence-corrected chi connectivity index (χ1v) is 8.04. The summed E-state index contributed by atoms with van der Waals surface area (Å²) in [4.78, 5) is 13.9. The van der Waals surface area contributed by atoms with Crippen molar-refractivity contribution >= 4 is 32.6 Å². The molecule has 2 rings (SSSR count). The van der Waals surface area contributed by atoms with E-state index in [0.717, 1.165) is 20.8 Å². The number of hydrogen-bond acceptors (Lipinski definition) is 2. The van der Waals surface area contributed by atoms with E-state index in [1.54, 1.807) is 4.90 Å². The van der Waals surface area contributed by atoms with E-state index in [1.807, 2.05) is 50.2 Å². The van der Waals surface area contributed by atoms with E-state index in [2.05, 4.69) is 22.5 Å². The molecule has 0 spiro atoms. The molecule has 116 valence electrons. The van der Waals surface area contributed by atoms with Gasteiger partial charge in [0.1, 0.15) is 5.75 Å². The van der Waals surface area contributed by atoms with Crippen molar-refractivity contribution in [1.29, 1.82) is 0 Å². The molecule has 0 atom stereocenters. The average Bonchev–Trinajstić information content (AvgIpc) is 2.51. The molecule has 0 saturated carbocycles. The van der Waals surface area contributed by atoms with Gasteiger partial charge in [-0.05, 0) is 46.6 Å². The van der Waals surface area contributed by atoms with Crippen molar-refractivity contribution in [3.63, 3.8) is 0 Å². The lowest BCUT2D eigenvalue weighted by Gasteiger charge is -2.21. The van der Waals surface area contributed by atoms with Crippen molar-refractivity contribution in [3.8, 4) is 5.75 Å². The summed E-state index contributed by atoms with van der Waals surface area (Å²) in [6.45, 7) is 8.95. The minimum atomic E-state index is -0.0365. The van der Waals surface area contributed by atoms with E-state index < -0.39 is 0 Å². The van der Waals surface area contributed by atoms with Crippen LogP contribution in [0.15, 0.2) is 53.0 Å². The van der Waals surface area contributed by atoms with Gasteiger partial charge in [-0.2, -0.15) is 0 Å². The molecule has 22 heavy (non-hydrogen) atoms. The molecule has 2 aromatic carbocycles. The van der Waals surface area contributed by atoms with Gasteiger partial charge in [-0.15, -0.1) is 0 Å². The van der Waals surface area contributed by atoms with Crippen LogP contribution >= 0.6 is 15.9 Å². The number of nitrogens with zero attached hydrogens (tertiary/aromatic N) is 1. The first-order valence-electron chi connectivity index (χ1n) is 7.25. The monoisotopic (exact) mass is 361 g/mol. The Morgan fingerprint density at radius 3 is 2.68 bits per heavy atom. The van der Waals surface area contributed by atoms with Crippen LogP contribution in [-0.4, -0.2) is 30.5 Å². The number of carbonyl (C=O) groups excluding carboxylic acids is 1. The fourth-order valence-electron chi connectivity index (χ4n) is 2.26. The van der Waals surface area contributed by atoms with E-state index in [4.69, 9.17) is 4.74 Å². The Hall–Kier alpha value is -1.81. The van der Waals surface area contributed by atoms with Crippen LogP contribution in [0.4, 0.5) is 0 Å². The minimum Gasteiger partial charge on any atom is -0.483 e. The third-order valence-electron chi connectivity index (χ3n) is 3.37. The second kappa shape index (κ2) is 7.45. The summed E-state index contributed by atoms with van der Waals surface area (Å²) in [6, 6.07) is 11.9. The van der Waals surface area contributed by atoms with Crippen LogP contribution in [0.2, 0.25) is 0 Å². The molecule has 0 N–H and O–H groups in total. The number of likely N-dealkylation sites (N-methyl/N-ethyl adjacent to an activating group) is 1. The second-order valence-corrected chi connectivity index (χ2v) is 6.05. The summed E-state index contributed by atoms with van der Waals surface area (Å²) in [6.07, 6.45) is 0. The maximum absolute atomic E-state index is 12.2. The molecule has 0 saturated heterocycles. The van der Waals surface area contributed by atoms with Crippen molar-refractivity contribution in [3.05, 3.63) is 53.0 Å². The Labute approximate surface area is 139 Å². The van der Waals surface area contributed by atoms with Crippen LogP contribution in [-0.2, 0) is 4.79 Å². The van der Waals surface area contributed by atoms with Crippen LogP contribution in [0.5, 0.6) is 5.75 Å². The Bertz CT molecular complexity index is 697. The Kier molecular flexibility index (Phi) is 5.61. The largest absolute Gasteiger partial charge is 0.483 e. The molecule has 3 nitrogen and oxygen atoms in total. The van der Waals surface area contributed by atoms with Crippen molar-refractivity contribution in [2.45, 2.75) is 13.8 Å². The van der Waals surface area contributed by atoms with Crippen LogP contribution in [0.25, 0.3) is 10.8 Å². The summed E-state index contributed by atoms with van der Waals surface area (Å²) < 4.78 is 6.58. The quantitative estimate of drug-likeness (QED) is 0.713. The number of rotatable bonds is 6. The van der Waals surface area contributed by atoms with Crippen molar-refractivity contribution in [2.24, 2.45) is 0 Å². The lowest BCUT2D eigenvalue weighted by Crippen LogP contribution is -2.35. The number of carbonyl (C=O) groups is 1. The van der Waals surface area contributed by atoms with Gasteiger partial charge in [-0.1, -0.05) is 42.5 Å². The van der Waals surface area contributed by atoms with Crippen molar-refractivity contribution in [2.75, 3.05) is 19.7 Å². The lowest BCUT2D eigenvalue weighted by molar-refractivity contribution is -0.132. The van der Waals surface area contributed by atoms with Gasteiger partial charge in [0.2, 0.25) is 0 Å². The molecule has 0 aliphatic heterocycles. The third-order valence-corrected chi connectivity index (χ3v) is 4.19. The second-order valence-electron chi connectivity index (χ2n) is 5.25. The van der Waals surface area contributed by atoms with Gasteiger partial charge >= 0.3 is 0 Å². The molecular weight excluding hydrogens is 342 g/mol. The van der Waals surface area contributed by atoms with Gasteiger partial charge in [0.05, 0.1) is 4.47 Å². The normalized spacial score (nSPS) is 10.5. The van der Waals surface area contributed by atoms with Crippen molar-refractivity contribution < 1.29 is 9.53 Å². The maximum Gasteiger partial charge on any atom is 0.260 e. The fraction of sp³-hybridized carbons (Fsp3) is 0.278. The van der Waals surface area contributed by atoms with Crippen LogP contribution in [0, 0.1) is 0 Å². The highest BCUT2D eigenvalue weighted by atomic mass is 79.9. The summed E-state index contributed by atoms with van der Waals surface area (Å²) in [5.74, 6) is 0.643. The molecule has 0 aromatic heterocycles. The Balaban J connectivity index is 2.09. The highest BCUT2D eigenvalue weighted by Gasteiger charge is 2.14. The lowest BCUT2D eigenvalue weighted by atomic mass is 10.1. The Morgan fingerprint density at radius 1 is 1.27 bits per heavy atom. The van der Waals surface area contributed by atoms with Gasteiger partial charge in [0.15, 0.2) is 6.61 Å². The van der Waals surface area contributed by atoms with Crippen LogP contribution in [0.1, 0.15) is 13.8 Å². The summed E-state index contributed by atoms with van der Waals surface area (Å²) in [5.41, 5.74) is 0.960. The molecule has 0 fully saturated rings. The predicted octanol–water partition coefficient (Wildman–Crippen LogP) is 4.41. The molecule has 0 aliphatic carbocycles. The SMILES string of the molecule is C=C(C)CN(CC)C(=O)COc1ccc2ccccc2c1Br. The van der Waals surface area contributed by atoms with Gasteiger partial charge in [0.25, 0.3) is 5.91 Å². The molecule has 0 radical (unpaired) electrons. The smallest absolute Gasteiger partial charge is 0.260 e. The van der Waals surface area contributed by atoms with E-state index in [-0.39, 0.29) is 12.5 Å². The molecule has 0 heterocycles. The van der Waals surface area contributed by atoms with E-state index >= 15 is 0 Å².